The molecule has 1 aromatic carbocycles. The van der Waals surface area contributed by atoms with Gasteiger partial charge < -0.3 is 15.2 Å². The van der Waals surface area contributed by atoms with E-state index in [4.69, 9.17) is 6.42 Å². The topological polar surface area (TPSA) is 58.6 Å². The Kier molecular flexibility index (Phi) is 6.43. The van der Waals surface area contributed by atoms with E-state index in [0.29, 0.717) is 12.2 Å². The lowest BCUT2D eigenvalue weighted by molar-refractivity contribution is 0.0438. The Balaban J connectivity index is 2.89. The molecule has 0 heterocycles. The third-order valence-corrected chi connectivity index (χ3v) is 4.18. The Bertz CT molecular complexity index is 468. The highest BCUT2D eigenvalue weighted by Crippen LogP contribution is 2.31. The summed E-state index contributed by atoms with van der Waals surface area (Å²) in [6.07, 6.45) is 5.20. The van der Waals surface area contributed by atoms with E-state index in [2.05, 4.69) is 16.0 Å². The zero-order valence-electron chi connectivity index (χ0n) is 11.6. The second-order valence-corrected chi connectivity index (χ2v) is 5.57. The SMILES string of the molecule is C#CCCSC(NC(=O)OC)C(C)(O)c1ccccc1. The zero-order chi connectivity index (χ0) is 15.0. The van der Waals surface area contributed by atoms with Gasteiger partial charge in [0.05, 0.1) is 7.11 Å². The van der Waals surface area contributed by atoms with Crippen molar-refractivity contribution < 1.29 is 14.6 Å². The van der Waals surface area contributed by atoms with Crippen molar-refractivity contribution in [2.75, 3.05) is 12.9 Å². The van der Waals surface area contributed by atoms with Crippen LogP contribution in [0.5, 0.6) is 0 Å². The van der Waals surface area contributed by atoms with Crippen LogP contribution in [-0.4, -0.2) is 29.4 Å². The average molecular weight is 293 g/mol. The van der Waals surface area contributed by atoms with Gasteiger partial charge in [-0.15, -0.1) is 24.1 Å². The van der Waals surface area contributed by atoms with Gasteiger partial charge in [0, 0.05) is 12.2 Å². The summed E-state index contributed by atoms with van der Waals surface area (Å²) < 4.78 is 4.60. The van der Waals surface area contributed by atoms with Gasteiger partial charge in [0.25, 0.3) is 0 Å². The van der Waals surface area contributed by atoms with Crippen molar-refractivity contribution in [1.29, 1.82) is 0 Å². The number of carbonyl (C=O) groups is 1. The molecule has 2 N–H and O–H groups in total. The van der Waals surface area contributed by atoms with Gasteiger partial charge in [0.1, 0.15) is 11.0 Å². The van der Waals surface area contributed by atoms with Crippen molar-refractivity contribution in [2.45, 2.75) is 24.3 Å². The first kappa shape index (κ1) is 16.4. The van der Waals surface area contributed by atoms with Crippen LogP contribution in [0.25, 0.3) is 0 Å². The molecule has 0 saturated carbocycles. The minimum absolute atomic E-state index is 0.550. The van der Waals surface area contributed by atoms with E-state index in [9.17, 15) is 9.90 Å². The Morgan fingerprint density at radius 1 is 1.55 bits per heavy atom. The van der Waals surface area contributed by atoms with Gasteiger partial charge in [0.15, 0.2) is 0 Å². The van der Waals surface area contributed by atoms with Crippen molar-refractivity contribution in [1.82, 2.24) is 5.32 Å². The minimum Gasteiger partial charge on any atom is -0.453 e. The quantitative estimate of drug-likeness (QED) is 0.480. The number of aliphatic hydroxyl groups is 1. The molecular formula is C15H19NO3S. The predicted molar refractivity (Wildman–Crippen MR) is 81.2 cm³/mol. The molecule has 0 aromatic heterocycles. The minimum atomic E-state index is -1.23. The van der Waals surface area contributed by atoms with E-state index < -0.39 is 17.1 Å². The normalized spacial score (nSPS) is 14.7. The fourth-order valence-corrected chi connectivity index (χ4v) is 2.78. The number of hydrogen-bond acceptors (Lipinski definition) is 4. The van der Waals surface area contributed by atoms with Crippen LogP contribution in [-0.2, 0) is 10.3 Å². The van der Waals surface area contributed by atoms with Crippen LogP contribution in [0.3, 0.4) is 0 Å². The summed E-state index contributed by atoms with van der Waals surface area (Å²) in [6, 6.07) is 9.17. The molecule has 0 bridgehead atoms. The van der Waals surface area contributed by atoms with Gasteiger partial charge in [-0.05, 0) is 12.5 Å². The third kappa shape index (κ3) is 4.48. The number of carbonyl (C=O) groups excluding carboxylic acids is 1. The molecule has 1 rings (SSSR count). The highest BCUT2D eigenvalue weighted by Gasteiger charge is 2.35. The Morgan fingerprint density at radius 3 is 2.75 bits per heavy atom. The maximum absolute atomic E-state index is 11.4. The van der Waals surface area contributed by atoms with E-state index in [1.807, 2.05) is 30.3 Å². The van der Waals surface area contributed by atoms with Crippen LogP contribution in [0.4, 0.5) is 4.79 Å². The molecule has 2 unspecified atom stereocenters. The molecule has 1 aromatic rings. The largest absolute Gasteiger partial charge is 0.453 e. The van der Waals surface area contributed by atoms with Gasteiger partial charge in [-0.3, -0.25) is 0 Å². The van der Waals surface area contributed by atoms with Crippen molar-refractivity contribution >= 4 is 17.9 Å². The number of nitrogens with one attached hydrogen (secondary N) is 1. The maximum Gasteiger partial charge on any atom is 0.407 e. The molecule has 0 spiro atoms. The molecule has 0 aliphatic carbocycles. The molecule has 108 valence electrons. The summed E-state index contributed by atoms with van der Waals surface area (Å²) in [7, 11) is 1.29. The third-order valence-electron chi connectivity index (χ3n) is 2.83. The molecule has 0 fully saturated rings. The molecule has 0 aliphatic heterocycles. The number of rotatable bonds is 6. The van der Waals surface area contributed by atoms with Crippen LogP contribution in [0.15, 0.2) is 30.3 Å². The second kappa shape index (κ2) is 7.83. The van der Waals surface area contributed by atoms with Gasteiger partial charge in [-0.25, -0.2) is 4.79 Å². The summed E-state index contributed by atoms with van der Waals surface area (Å²) in [5.41, 5.74) is -0.510. The van der Waals surface area contributed by atoms with E-state index in [1.54, 1.807) is 6.92 Å². The Morgan fingerprint density at radius 2 is 2.20 bits per heavy atom. The van der Waals surface area contributed by atoms with E-state index in [1.165, 1.54) is 18.9 Å². The number of terminal acetylenes is 1. The average Bonchev–Trinajstić information content (AvgIpc) is 2.47. The first-order valence-corrected chi connectivity index (χ1v) is 7.24. The molecule has 2 atom stereocenters. The lowest BCUT2D eigenvalue weighted by atomic mass is 9.96. The van der Waals surface area contributed by atoms with Crippen molar-refractivity contribution in [2.24, 2.45) is 0 Å². The smallest absolute Gasteiger partial charge is 0.407 e. The molecule has 1 amide bonds. The number of amides is 1. The first-order valence-electron chi connectivity index (χ1n) is 6.19. The fourth-order valence-electron chi connectivity index (χ4n) is 1.67. The van der Waals surface area contributed by atoms with Crippen molar-refractivity contribution in [3.05, 3.63) is 35.9 Å². The van der Waals surface area contributed by atoms with Crippen LogP contribution in [0.2, 0.25) is 0 Å². The zero-order valence-corrected chi connectivity index (χ0v) is 12.4. The van der Waals surface area contributed by atoms with E-state index >= 15 is 0 Å². The van der Waals surface area contributed by atoms with Crippen LogP contribution in [0.1, 0.15) is 18.9 Å². The lowest BCUT2D eigenvalue weighted by Gasteiger charge is -2.33. The van der Waals surface area contributed by atoms with Crippen LogP contribution < -0.4 is 5.32 Å². The number of alkyl carbamates (subject to hydrolysis) is 1. The molecule has 20 heavy (non-hydrogen) atoms. The number of benzene rings is 1. The summed E-state index contributed by atoms with van der Waals surface area (Å²) in [5, 5.41) is 12.8. The molecule has 0 aliphatic rings. The van der Waals surface area contributed by atoms with Gasteiger partial charge in [0.2, 0.25) is 0 Å². The maximum atomic E-state index is 11.4. The number of hydrogen-bond donors (Lipinski definition) is 2. The summed E-state index contributed by atoms with van der Waals surface area (Å²) in [4.78, 5) is 11.4. The van der Waals surface area contributed by atoms with E-state index in [-0.39, 0.29) is 0 Å². The number of methoxy groups -OCH3 is 1. The summed E-state index contributed by atoms with van der Waals surface area (Å²) in [5.74, 6) is 3.17. The lowest BCUT2D eigenvalue weighted by Crippen LogP contribution is -2.47. The highest BCUT2D eigenvalue weighted by atomic mass is 32.2. The molecule has 4 nitrogen and oxygen atoms in total. The molecule has 5 heteroatoms. The van der Waals surface area contributed by atoms with Gasteiger partial charge in [-0.1, -0.05) is 30.3 Å². The Hall–Kier alpha value is -1.64. The number of thioether (sulfide) groups is 1. The van der Waals surface area contributed by atoms with Crippen molar-refractivity contribution in [3.8, 4) is 12.3 Å². The van der Waals surface area contributed by atoms with Crippen LogP contribution >= 0.6 is 11.8 Å². The second-order valence-electron chi connectivity index (χ2n) is 4.35. The monoisotopic (exact) mass is 293 g/mol. The van der Waals surface area contributed by atoms with Crippen molar-refractivity contribution in [3.63, 3.8) is 0 Å². The fraction of sp³-hybridized carbons (Fsp3) is 0.400. The number of ether oxygens (including phenoxy) is 1. The van der Waals surface area contributed by atoms with Gasteiger partial charge in [-0.2, -0.15) is 0 Å². The highest BCUT2D eigenvalue weighted by molar-refractivity contribution is 7.99. The standard InChI is InChI=1S/C15H19NO3S/c1-4-5-11-20-13(16-14(17)19-3)15(2,18)12-9-7-6-8-10-12/h1,6-10,13,18H,5,11H2,2-3H3,(H,16,17). The molecule has 0 saturated heterocycles. The van der Waals surface area contributed by atoms with E-state index in [0.717, 1.165) is 5.56 Å². The molecule has 0 radical (unpaired) electrons. The Labute approximate surface area is 123 Å². The molecular weight excluding hydrogens is 274 g/mol. The van der Waals surface area contributed by atoms with Gasteiger partial charge >= 0.3 is 6.09 Å². The summed E-state index contributed by atoms with van der Waals surface area (Å²) >= 11 is 1.39. The van der Waals surface area contributed by atoms with Crippen LogP contribution in [0, 0.1) is 12.3 Å². The summed E-state index contributed by atoms with van der Waals surface area (Å²) in [6.45, 7) is 1.66. The first-order chi connectivity index (χ1) is 9.52. The predicted octanol–water partition coefficient (Wildman–Crippen LogP) is 2.33.